The summed E-state index contributed by atoms with van der Waals surface area (Å²) in [6.07, 6.45) is 4.57. The summed E-state index contributed by atoms with van der Waals surface area (Å²) in [4.78, 5) is 20.7. The third kappa shape index (κ3) is 3.31. The zero-order chi connectivity index (χ0) is 17.1. The van der Waals surface area contributed by atoms with E-state index in [4.69, 9.17) is 4.74 Å². The second kappa shape index (κ2) is 6.89. The average Bonchev–Trinajstić information content (AvgIpc) is 2.66. The largest absolute Gasteiger partial charge is 0.467 e. The van der Waals surface area contributed by atoms with Gasteiger partial charge in [-0.15, -0.1) is 0 Å². The molecule has 1 aliphatic carbocycles. The van der Waals surface area contributed by atoms with E-state index in [0.29, 0.717) is 5.88 Å². The van der Waals surface area contributed by atoms with Gasteiger partial charge in [0.15, 0.2) is 6.61 Å². The first-order valence-electron chi connectivity index (χ1n) is 8.51. The predicted molar refractivity (Wildman–Crippen MR) is 95.3 cm³/mol. The van der Waals surface area contributed by atoms with Crippen LogP contribution in [0.2, 0.25) is 0 Å². The Kier molecular flexibility index (Phi) is 4.29. The van der Waals surface area contributed by atoms with Gasteiger partial charge in [-0.2, -0.15) is 0 Å². The molecule has 0 unspecified atom stereocenters. The van der Waals surface area contributed by atoms with E-state index >= 15 is 0 Å². The highest BCUT2D eigenvalue weighted by molar-refractivity contribution is 5.84. The number of carbonyl (C=O) groups is 1. The van der Waals surface area contributed by atoms with Crippen LogP contribution >= 0.6 is 0 Å². The zero-order valence-corrected chi connectivity index (χ0v) is 13.8. The summed E-state index contributed by atoms with van der Waals surface area (Å²) in [5, 5.41) is 3.89. The van der Waals surface area contributed by atoms with Crippen LogP contribution in [0.25, 0.3) is 10.9 Å². The molecule has 0 saturated carbocycles. The lowest BCUT2D eigenvalue weighted by Crippen LogP contribution is -2.34. The van der Waals surface area contributed by atoms with Crippen LogP contribution in [0.15, 0.2) is 54.9 Å². The van der Waals surface area contributed by atoms with E-state index in [9.17, 15) is 4.79 Å². The topological polar surface area (TPSA) is 64.1 Å². The van der Waals surface area contributed by atoms with Gasteiger partial charge in [0.25, 0.3) is 5.91 Å². The van der Waals surface area contributed by atoms with Gasteiger partial charge in [0.05, 0.1) is 16.9 Å². The van der Waals surface area contributed by atoms with E-state index in [0.717, 1.165) is 30.2 Å². The highest BCUT2D eigenvalue weighted by Gasteiger charge is 2.21. The van der Waals surface area contributed by atoms with Crippen molar-refractivity contribution in [2.75, 3.05) is 6.61 Å². The molecule has 0 radical (unpaired) electrons. The number of nitrogens with one attached hydrogen (secondary N) is 1. The Morgan fingerprint density at radius 2 is 1.96 bits per heavy atom. The number of rotatable bonds is 4. The molecule has 1 atom stereocenters. The monoisotopic (exact) mass is 333 g/mol. The minimum absolute atomic E-state index is 0.0559. The minimum atomic E-state index is -0.135. The van der Waals surface area contributed by atoms with Crippen molar-refractivity contribution in [1.82, 2.24) is 15.3 Å². The fourth-order valence-corrected chi connectivity index (χ4v) is 3.37. The van der Waals surface area contributed by atoms with Crippen LogP contribution in [0.3, 0.4) is 0 Å². The predicted octanol–water partition coefficient (Wildman–Crippen LogP) is 3.20. The van der Waals surface area contributed by atoms with Crippen molar-refractivity contribution < 1.29 is 9.53 Å². The molecule has 5 heteroatoms. The highest BCUT2D eigenvalue weighted by Crippen LogP contribution is 2.29. The summed E-state index contributed by atoms with van der Waals surface area (Å²) < 4.78 is 5.65. The van der Waals surface area contributed by atoms with E-state index < -0.39 is 0 Å². The van der Waals surface area contributed by atoms with Crippen LogP contribution in [0.1, 0.15) is 30.0 Å². The number of hydrogen-bond acceptors (Lipinski definition) is 4. The number of ether oxygens (including phenoxy) is 1. The number of para-hydroxylation sites is 1. The van der Waals surface area contributed by atoms with Crippen molar-refractivity contribution in [1.29, 1.82) is 0 Å². The van der Waals surface area contributed by atoms with Crippen molar-refractivity contribution >= 4 is 16.8 Å². The van der Waals surface area contributed by atoms with Crippen LogP contribution in [-0.2, 0) is 11.2 Å². The average molecular weight is 333 g/mol. The molecule has 0 saturated heterocycles. The van der Waals surface area contributed by atoms with Crippen molar-refractivity contribution in [2.45, 2.75) is 25.3 Å². The molecule has 3 aromatic rings. The Morgan fingerprint density at radius 3 is 2.92 bits per heavy atom. The molecular weight excluding hydrogens is 314 g/mol. The molecule has 0 bridgehead atoms. The fraction of sp³-hybridized carbons (Fsp3) is 0.250. The van der Waals surface area contributed by atoms with Gasteiger partial charge < -0.3 is 10.1 Å². The molecule has 1 aromatic heterocycles. The van der Waals surface area contributed by atoms with Gasteiger partial charge in [0.1, 0.15) is 6.33 Å². The number of benzene rings is 2. The summed E-state index contributed by atoms with van der Waals surface area (Å²) in [5.74, 6) is 0.300. The zero-order valence-electron chi connectivity index (χ0n) is 13.8. The normalized spacial score (nSPS) is 16.2. The number of carbonyl (C=O) groups excluding carboxylic acids is 1. The van der Waals surface area contributed by atoms with E-state index in [2.05, 4.69) is 27.4 Å². The summed E-state index contributed by atoms with van der Waals surface area (Å²) in [5.41, 5.74) is 3.34. The number of hydrogen-bond donors (Lipinski definition) is 1. The quantitative estimate of drug-likeness (QED) is 0.796. The summed E-state index contributed by atoms with van der Waals surface area (Å²) in [7, 11) is 0. The van der Waals surface area contributed by atoms with Crippen molar-refractivity contribution in [2.24, 2.45) is 0 Å². The summed E-state index contributed by atoms with van der Waals surface area (Å²) in [6, 6.07) is 15.9. The van der Waals surface area contributed by atoms with Crippen LogP contribution < -0.4 is 10.1 Å². The Bertz CT molecular complexity index is 905. The van der Waals surface area contributed by atoms with Gasteiger partial charge in [-0.1, -0.05) is 36.4 Å². The van der Waals surface area contributed by atoms with Crippen molar-refractivity contribution in [3.8, 4) is 5.88 Å². The Labute approximate surface area is 146 Å². The molecule has 0 aliphatic heterocycles. The standard InChI is InChI=1S/C20H19N3O2/c24-19(23-18-11-5-7-14-6-1-2-8-15(14)18)12-25-20-16-9-3-4-10-17(16)21-13-22-20/h1-4,6,8-10,13,18H,5,7,11-12H2,(H,23,24)/t18-/m0/s1. The molecule has 1 N–H and O–H groups in total. The smallest absolute Gasteiger partial charge is 0.258 e. The fourth-order valence-electron chi connectivity index (χ4n) is 3.37. The minimum Gasteiger partial charge on any atom is -0.467 e. The van der Waals surface area contributed by atoms with Gasteiger partial charge in [0, 0.05) is 0 Å². The maximum Gasteiger partial charge on any atom is 0.258 e. The van der Waals surface area contributed by atoms with Crippen molar-refractivity contribution in [3.63, 3.8) is 0 Å². The molecular formula is C20H19N3O2. The van der Waals surface area contributed by atoms with E-state index in [-0.39, 0.29) is 18.6 Å². The molecule has 4 rings (SSSR count). The lowest BCUT2D eigenvalue weighted by atomic mass is 9.88. The summed E-state index contributed by atoms with van der Waals surface area (Å²) >= 11 is 0. The Morgan fingerprint density at radius 1 is 1.12 bits per heavy atom. The maximum absolute atomic E-state index is 12.4. The maximum atomic E-state index is 12.4. The van der Waals surface area contributed by atoms with Crippen LogP contribution in [0.4, 0.5) is 0 Å². The SMILES string of the molecule is O=C(COc1ncnc2ccccc12)N[C@H]1CCCc2ccccc21. The second-order valence-electron chi connectivity index (χ2n) is 6.20. The third-order valence-corrected chi connectivity index (χ3v) is 4.55. The lowest BCUT2D eigenvalue weighted by Gasteiger charge is -2.26. The molecule has 2 aromatic carbocycles. The van der Waals surface area contributed by atoms with Crippen LogP contribution in [-0.4, -0.2) is 22.5 Å². The first-order chi connectivity index (χ1) is 12.3. The molecule has 1 heterocycles. The molecule has 0 fully saturated rings. The number of fused-ring (bicyclic) bond motifs is 2. The van der Waals surface area contributed by atoms with Gasteiger partial charge in [-0.25, -0.2) is 9.97 Å². The van der Waals surface area contributed by atoms with Crippen LogP contribution in [0, 0.1) is 0 Å². The van der Waals surface area contributed by atoms with E-state index in [1.165, 1.54) is 17.5 Å². The molecule has 126 valence electrons. The molecule has 1 aliphatic rings. The molecule has 25 heavy (non-hydrogen) atoms. The highest BCUT2D eigenvalue weighted by atomic mass is 16.5. The number of aryl methyl sites for hydroxylation is 1. The number of nitrogens with zero attached hydrogens (tertiary/aromatic N) is 2. The second-order valence-corrected chi connectivity index (χ2v) is 6.20. The number of amides is 1. The Balaban J connectivity index is 1.43. The summed E-state index contributed by atoms with van der Waals surface area (Å²) in [6.45, 7) is -0.0559. The molecule has 5 nitrogen and oxygen atoms in total. The van der Waals surface area contributed by atoms with Crippen molar-refractivity contribution in [3.05, 3.63) is 66.0 Å². The molecule has 0 spiro atoms. The van der Waals surface area contributed by atoms with Gasteiger partial charge in [-0.3, -0.25) is 4.79 Å². The Hall–Kier alpha value is -2.95. The third-order valence-electron chi connectivity index (χ3n) is 4.55. The first kappa shape index (κ1) is 15.6. The first-order valence-corrected chi connectivity index (χ1v) is 8.51. The van der Waals surface area contributed by atoms with Crippen LogP contribution in [0.5, 0.6) is 5.88 Å². The number of aromatic nitrogens is 2. The molecule has 1 amide bonds. The van der Waals surface area contributed by atoms with Gasteiger partial charge >= 0.3 is 0 Å². The van der Waals surface area contributed by atoms with E-state index in [1.807, 2.05) is 36.4 Å². The van der Waals surface area contributed by atoms with Gasteiger partial charge in [0.2, 0.25) is 5.88 Å². The lowest BCUT2D eigenvalue weighted by molar-refractivity contribution is -0.124. The van der Waals surface area contributed by atoms with E-state index in [1.54, 1.807) is 0 Å². The van der Waals surface area contributed by atoms with Gasteiger partial charge in [-0.05, 0) is 42.5 Å².